The van der Waals surface area contributed by atoms with Gasteiger partial charge in [-0.1, -0.05) is 61.4 Å². The third kappa shape index (κ3) is 3.62. The maximum atomic E-state index is 14.5. The van der Waals surface area contributed by atoms with Crippen molar-refractivity contribution in [3.8, 4) is 0 Å². The molecule has 2 aliphatic heterocycles. The zero-order valence-electron chi connectivity index (χ0n) is 12.3. The number of carbonyl (C=O) groups is 1. The predicted octanol–water partition coefficient (Wildman–Crippen LogP) is 6.56. The third-order valence-electron chi connectivity index (χ3n) is 3.99. The highest BCUT2D eigenvalue weighted by Gasteiger charge is 2.56. The van der Waals surface area contributed by atoms with Crippen molar-refractivity contribution in [3.05, 3.63) is 20.1 Å². The molecule has 1 N–H and O–H groups in total. The van der Waals surface area contributed by atoms with Crippen molar-refractivity contribution in [2.75, 3.05) is 0 Å². The zero-order chi connectivity index (χ0) is 16.3. The maximum absolute atomic E-state index is 14.5. The van der Waals surface area contributed by atoms with E-state index in [-0.39, 0.29) is 9.06 Å². The first kappa shape index (κ1) is 18.9. The third-order valence-corrected chi connectivity index (χ3v) is 9.33. The van der Waals surface area contributed by atoms with E-state index in [9.17, 15) is 14.3 Å². The molecule has 2 rings (SSSR count). The van der Waals surface area contributed by atoms with Crippen molar-refractivity contribution < 1.29 is 14.3 Å². The molecule has 2 aliphatic rings. The predicted molar refractivity (Wildman–Crippen MR) is 100 cm³/mol. The SMILES string of the molecule is CCCCCCCCC12SC(C(=O)O)=C(F)C1=C(Br)SC2Br. The van der Waals surface area contributed by atoms with Crippen LogP contribution in [0.2, 0.25) is 0 Å². The van der Waals surface area contributed by atoms with Gasteiger partial charge in [-0.25, -0.2) is 9.18 Å². The smallest absolute Gasteiger partial charge is 0.345 e. The summed E-state index contributed by atoms with van der Waals surface area (Å²) < 4.78 is 14.7. The summed E-state index contributed by atoms with van der Waals surface area (Å²) in [4.78, 5) is 11.1. The standard InChI is InChI=1S/C15H19Br2FO2S2/c1-2-3-4-5-6-7-8-15-9(12(16)21-14(15)17)10(18)11(22-15)13(19)20/h14H,2-8H2,1H3,(H,19,20). The van der Waals surface area contributed by atoms with Gasteiger partial charge in [-0.2, -0.15) is 0 Å². The van der Waals surface area contributed by atoms with Crippen LogP contribution in [0.25, 0.3) is 0 Å². The lowest BCUT2D eigenvalue weighted by Gasteiger charge is -2.29. The summed E-state index contributed by atoms with van der Waals surface area (Å²) in [6.07, 6.45) is 7.80. The molecule has 0 saturated heterocycles. The number of rotatable bonds is 8. The molecule has 2 nitrogen and oxygen atoms in total. The van der Waals surface area contributed by atoms with Gasteiger partial charge in [-0.15, -0.1) is 23.5 Å². The second-order valence-electron chi connectivity index (χ2n) is 5.54. The van der Waals surface area contributed by atoms with Crippen LogP contribution in [-0.2, 0) is 4.79 Å². The van der Waals surface area contributed by atoms with Gasteiger partial charge in [0.15, 0.2) is 5.83 Å². The highest BCUT2D eigenvalue weighted by molar-refractivity contribution is 9.15. The van der Waals surface area contributed by atoms with Crippen LogP contribution in [0.1, 0.15) is 51.9 Å². The Kier molecular flexibility index (Phi) is 6.93. The van der Waals surface area contributed by atoms with Gasteiger partial charge in [-0.3, -0.25) is 0 Å². The van der Waals surface area contributed by atoms with E-state index in [1.807, 2.05) is 0 Å². The molecule has 0 aromatic carbocycles. The Morgan fingerprint density at radius 2 is 1.95 bits per heavy atom. The van der Waals surface area contributed by atoms with E-state index in [0.717, 1.165) is 23.1 Å². The molecule has 2 unspecified atom stereocenters. The quantitative estimate of drug-likeness (QED) is 0.319. The largest absolute Gasteiger partial charge is 0.477 e. The van der Waals surface area contributed by atoms with Crippen LogP contribution >= 0.6 is 55.4 Å². The van der Waals surface area contributed by atoms with E-state index in [1.54, 1.807) is 0 Å². The zero-order valence-corrected chi connectivity index (χ0v) is 17.1. The van der Waals surface area contributed by atoms with E-state index >= 15 is 0 Å². The fourth-order valence-electron chi connectivity index (χ4n) is 2.83. The second-order valence-corrected chi connectivity index (χ2v) is 10.8. The van der Waals surface area contributed by atoms with E-state index in [2.05, 4.69) is 38.8 Å². The molecule has 2 atom stereocenters. The molecule has 0 aromatic heterocycles. The van der Waals surface area contributed by atoms with Crippen LogP contribution in [0.4, 0.5) is 4.39 Å². The molecule has 0 fully saturated rings. The number of alkyl halides is 1. The Balaban J connectivity index is 2.06. The molecule has 0 amide bonds. The van der Waals surface area contributed by atoms with Gasteiger partial charge in [0.1, 0.15) is 4.91 Å². The van der Waals surface area contributed by atoms with Crippen molar-refractivity contribution in [2.24, 2.45) is 0 Å². The average Bonchev–Trinajstić information content (AvgIpc) is 2.89. The number of thioether (sulfide) groups is 2. The molecule has 7 heteroatoms. The minimum absolute atomic E-state index is 0.00684. The molecule has 0 spiro atoms. The van der Waals surface area contributed by atoms with E-state index in [1.165, 1.54) is 49.2 Å². The van der Waals surface area contributed by atoms with Gasteiger partial charge in [-0.05, 0) is 22.4 Å². The van der Waals surface area contributed by atoms with Crippen LogP contribution in [0, 0.1) is 0 Å². The van der Waals surface area contributed by atoms with Crippen LogP contribution < -0.4 is 0 Å². The topological polar surface area (TPSA) is 37.3 Å². The van der Waals surface area contributed by atoms with Crippen molar-refractivity contribution in [3.63, 3.8) is 0 Å². The molecule has 0 bridgehead atoms. The minimum Gasteiger partial charge on any atom is -0.477 e. The monoisotopic (exact) mass is 472 g/mol. The van der Waals surface area contributed by atoms with Crippen molar-refractivity contribution >= 4 is 61.4 Å². The van der Waals surface area contributed by atoms with Crippen molar-refractivity contribution in [1.82, 2.24) is 0 Å². The van der Waals surface area contributed by atoms with Gasteiger partial charge in [0, 0.05) is 5.57 Å². The number of allylic oxidation sites excluding steroid dienone is 1. The van der Waals surface area contributed by atoms with Gasteiger partial charge in [0.25, 0.3) is 0 Å². The normalized spacial score (nSPS) is 27.7. The molecule has 22 heavy (non-hydrogen) atoms. The number of hydrogen-bond donors (Lipinski definition) is 1. The molecule has 0 radical (unpaired) electrons. The lowest BCUT2D eigenvalue weighted by Crippen LogP contribution is -2.30. The van der Waals surface area contributed by atoms with E-state index in [4.69, 9.17) is 0 Å². The van der Waals surface area contributed by atoms with Crippen LogP contribution in [0.5, 0.6) is 0 Å². The number of fused-ring (bicyclic) bond motifs is 1. The number of unbranched alkanes of at least 4 members (excludes halogenated alkanes) is 5. The van der Waals surface area contributed by atoms with Gasteiger partial charge < -0.3 is 5.11 Å². The number of hydrogen-bond acceptors (Lipinski definition) is 3. The van der Waals surface area contributed by atoms with Gasteiger partial charge >= 0.3 is 5.97 Å². The summed E-state index contributed by atoms with van der Waals surface area (Å²) in [5, 5.41) is 9.22. The Bertz CT molecular complexity index is 522. The minimum atomic E-state index is -1.17. The number of aliphatic carboxylic acids is 1. The fourth-order valence-corrected chi connectivity index (χ4v) is 8.73. The van der Waals surface area contributed by atoms with Crippen LogP contribution in [-0.4, -0.2) is 20.0 Å². The average molecular weight is 474 g/mol. The van der Waals surface area contributed by atoms with E-state index < -0.39 is 16.5 Å². The number of halogens is 3. The summed E-state index contributed by atoms with van der Waals surface area (Å²) in [5.74, 6) is -1.73. The maximum Gasteiger partial charge on any atom is 0.345 e. The molecular formula is C15H19Br2FO2S2. The summed E-state index contributed by atoms with van der Waals surface area (Å²) in [5.41, 5.74) is 0.537. The molecule has 2 heterocycles. The first-order valence-corrected chi connectivity index (χ1v) is 10.9. The highest BCUT2D eigenvalue weighted by atomic mass is 79.9. The van der Waals surface area contributed by atoms with Crippen LogP contribution in [0.15, 0.2) is 20.1 Å². The molecule has 0 saturated carbocycles. The van der Waals surface area contributed by atoms with Crippen molar-refractivity contribution in [1.29, 1.82) is 0 Å². The Labute approximate surface area is 156 Å². The summed E-state index contributed by atoms with van der Waals surface area (Å²) in [6.45, 7) is 2.19. The molecular weight excluding hydrogens is 455 g/mol. The fraction of sp³-hybridized carbons (Fsp3) is 0.667. The van der Waals surface area contributed by atoms with Crippen LogP contribution in [0.3, 0.4) is 0 Å². The van der Waals surface area contributed by atoms with Crippen molar-refractivity contribution in [2.45, 2.75) is 60.8 Å². The Morgan fingerprint density at radius 1 is 1.32 bits per heavy atom. The summed E-state index contributed by atoms with van der Waals surface area (Å²) in [7, 11) is 0. The van der Waals surface area contributed by atoms with Gasteiger partial charge in [0.2, 0.25) is 0 Å². The lowest BCUT2D eigenvalue weighted by molar-refractivity contribution is -0.131. The first-order valence-electron chi connectivity index (χ1n) is 7.47. The molecule has 0 aliphatic carbocycles. The number of carboxylic acid groups (broad SMARTS) is 1. The number of carboxylic acids is 1. The molecule has 124 valence electrons. The molecule has 0 aromatic rings. The summed E-state index contributed by atoms with van der Waals surface area (Å²) >= 11 is 9.74. The second kappa shape index (κ2) is 8.08. The Hall–Kier alpha value is 0.540. The summed E-state index contributed by atoms with van der Waals surface area (Å²) in [6, 6.07) is 0. The van der Waals surface area contributed by atoms with E-state index in [0.29, 0.717) is 5.57 Å². The highest BCUT2D eigenvalue weighted by Crippen LogP contribution is 2.66. The Morgan fingerprint density at radius 3 is 2.59 bits per heavy atom. The first-order chi connectivity index (χ1) is 10.4. The van der Waals surface area contributed by atoms with Gasteiger partial charge in [0.05, 0.1) is 12.7 Å². The lowest BCUT2D eigenvalue weighted by atomic mass is 9.93.